The molecule has 0 radical (unpaired) electrons. The van der Waals surface area contributed by atoms with Gasteiger partial charge in [-0.2, -0.15) is 0 Å². The second-order valence-corrected chi connectivity index (χ2v) is 3.60. The molecule has 94 valence electrons. The Labute approximate surface area is 98.8 Å². The van der Waals surface area contributed by atoms with E-state index in [0.29, 0.717) is 13.2 Å². The van der Waals surface area contributed by atoms with Crippen molar-refractivity contribution < 1.29 is 18.3 Å². The van der Waals surface area contributed by atoms with Crippen LogP contribution in [0, 0.1) is 11.6 Å². The minimum atomic E-state index is -0.947. The number of methoxy groups -OCH3 is 1. The van der Waals surface area contributed by atoms with Crippen molar-refractivity contribution in [1.29, 1.82) is 0 Å². The fourth-order valence-corrected chi connectivity index (χ4v) is 1.36. The van der Waals surface area contributed by atoms with Crippen LogP contribution in [0.4, 0.5) is 8.78 Å². The first-order valence-corrected chi connectivity index (χ1v) is 5.29. The van der Waals surface area contributed by atoms with Gasteiger partial charge in [-0.3, -0.25) is 4.79 Å². The summed E-state index contributed by atoms with van der Waals surface area (Å²) in [5.74, 6) is -2.06. The van der Waals surface area contributed by atoms with Crippen molar-refractivity contribution in [2.24, 2.45) is 0 Å². The van der Waals surface area contributed by atoms with Crippen molar-refractivity contribution in [2.45, 2.75) is 6.42 Å². The van der Waals surface area contributed by atoms with Crippen molar-refractivity contribution in [1.82, 2.24) is 5.32 Å². The summed E-state index contributed by atoms with van der Waals surface area (Å²) in [6.07, 6.45) is -0.108. The largest absolute Gasteiger partial charge is 0.383 e. The molecule has 0 saturated carbocycles. The monoisotopic (exact) mass is 243 g/mol. The van der Waals surface area contributed by atoms with E-state index in [-0.39, 0.29) is 24.3 Å². The number of carbonyl (C=O) groups is 1. The maximum Gasteiger partial charge on any atom is 0.162 e. The number of Topliss-reactive ketones (excluding diaryl/α,β-unsaturated/α-hetero) is 1. The standard InChI is InChI=1S/C12H15F2NO2/c1-17-6-5-15-8-10(16)7-9-3-2-4-11(13)12(9)14/h2-4,15H,5-8H2,1H3. The summed E-state index contributed by atoms with van der Waals surface area (Å²) in [7, 11) is 1.56. The molecule has 17 heavy (non-hydrogen) atoms. The van der Waals surface area contributed by atoms with Gasteiger partial charge in [0.2, 0.25) is 0 Å². The van der Waals surface area contributed by atoms with E-state index in [9.17, 15) is 13.6 Å². The van der Waals surface area contributed by atoms with Crippen LogP contribution in [0.3, 0.4) is 0 Å². The van der Waals surface area contributed by atoms with Gasteiger partial charge < -0.3 is 10.1 Å². The molecule has 0 heterocycles. The molecule has 1 aromatic rings. The van der Waals surface area contributed by atoms with Gasteiger partial charge in [-0.15, -0.1) is 0 Å². The van der Waals surface area contributed by atoms with E-state index in [1.54, 1.807) is 7.11 Å². The number of carbonyl (C=O) groups excluding carboxylic acids is 1. The topological polar surface area (TPSA) is 38.3 Å². The van der Waals surface area contributed by atoms with Crippen LogP contribution in [0.15, 0.2) is 18.2 Å². The van der Waals surface area contributed by atoms with Crippen molar-refractivity contribution in [3.63, 3.8) is 0 Å². The number of rotatable bonds is 7. The number of halogens is 2. The lowest BCUT2D eigenvalue weighted by Gasteiger charge is -2.05. The zero-order chi connectivity index (χ0) is 12.7. The van der Waals surface area contributed by atoms with Gasteiger partial charge in [-0.1, -0.05) is 12.1 Å². The van der Waals surface area contributed by atoms with Gasteiger partial charge in [0.05, 0.1) is 13.2 Å². The molecular weight excluding hydrogens is 228 g/mol. The van der Waals surface area contributed by atoms with E-state index in [1.165, 1.54) is 12.1 Å². The van der Waals surface area contributed by atoms with Crippen LogP contribution >= 0.6 is 0 Å². The Morgan fingerprint density at radius 2 is 2.18 bits per heavy atom. The molecule has 0 spiro atoms. The normalized spacial score (nSPS) is 10.5. The van der Waals surface area contributed by atoms with Crippen LogP contribution in [-0.4, -0.2) is 32.6 Å². The molecule has 1 N–H and O–H groups in total. The summed E-state index contributed by atoms with van der Waals surface area (Å²) in [5, 5.41) is 2.85. The highest BCUT2D eigenvalue weighted by molar-refractivity contribution is 5.82. The second-order valence-electron chi connectivity index (χ2n) is 3.60. The molecule has 0 aromatic heterocycles. The Morgan fingerprint density at radius 3 is 2.88 bits per heavy atom. The van der Waals surface area contributed by atoms with Gasteiger partial charge in [-0.25, -0.2) is 8.78 Å². The van der Waals surface area contributed by atoms with Gasteiger partial charge in [-0.05, 0) is 11.6 Å². The third-order valence-electron chi connectivity index (χ3n) is 2.22. The number of hydrogen-bond acceptors (Lipinski definition) is 3. The van der Waals surface area contributed by atoms with Crippen molar-refractivity contribution in [3.8, 4) is 0 Å². The minimum absolute atomic E-state index is 0.0866. The minimum Gasteiger partial charge on any atom is -0.383 e. The Hall–Kier alpha value is -1.33. The van der Waals surface area contributed by atoms with E-state index in [0.717, 1.165) is 6.07 Å². The SMILES string of the molecule is COCCNCC(=O)Cc1cccc(F)c1F. The average Bonchev–Trinajstić information content (AvgIpc) is 2.31. The van der Waals surface area contributed by atoms with E-state index in [1.807, 2.05) is 0 Å². The average molecular weight is 243 g/mol. The van der Waals surface area contributed by atoms with Gasteiger partial charge >= 0.3 is 0 Å². The van der Waals surface area contributed by atoms with Gasteiger partial charge in [0.15, 0.2) is 17.4 Å². The Morgan fingerprint density at radius 1 is 1.41 bits per heavy atom. The molecule has 0 saturated heterocycles. The highest BCUT2D eigenvalue weighted by Crippen LogP contribution is 2.11. The predicted octanol–water partition coefficient (Wildman–Crippen LogP) is 1.31. The highest BCUT2D eigenvalue weighted by Gasteiger charge is 2.11. The maximum absolute atomic E-state index is 13.2. The zero-order valence-corrected chi connectivity index (χ0v) is 9.63. The van der Waals surface area contributed by atoms with Crippen LogP contribution in [0.2, 0.25) is 0 Å². The summed E-state index contributed by atoms with van der Waals surface area (Å²) in [6, 6.07) is 3.82. The summed E-state index contributed by atoms with van der Waals surface area (Å²) < 4.78 is 30.9. The fourth-order valence-electron chi connectivity index (χ4n) is 1.36. The molecule has 0 fully saturated rings. The smallest absolute Gasteiger partial charge is 0.162 e. The maximum atomic E-state index is 13.2. The molecule has 3 nitrogen and oxygen atoms in total. The Kier molecular flexibility index (Phi) is 5.72. The Balaban J connectivity index is 2.43. The summed E-state index contributed by atoms with van der Waals surface area (Å²) in [4.78, 5) is 11.4. The third-order valence-corrected chi connectivity index (χ3v) is 2.22. The first kappa shape index (κ1) is 13.7. The number of ketones is 1. The quantitative estimate of drug-likeness (QED) is 0.734. The third kappa shape index (κ3) is 4.58. The number of ether oxygens (including phenoxy) is 1. The lowest BCUT2D eigenvalue weighted by Crippen LogP contribution is -2.27. The van der Waals surface area contributed by atoms with Crippen molar-refractivity contribution in [3.05, 3.63) is 35.4 Å². The molecule has 1 aromatic carbocycles. The van der Waals surface area contributed by atoms with Crippen LogP contribution in [0.5, 0.6) is 0 Å². The Bertz CT molecular complexity index is 383. The molecule has 0 aliphatic rings. The molecule has 0 unspecified atom stereocenters. The number of nitrogens with one attached hydrogen (secondary N) is 1. The first-order valence-electron chi connectivity index (χ1n) is 5.29. The van der Waals surface area contributed by atoms with Gasteiger partial charge in [0.1, 0.15) is 0 Å². The van der Waals surface area contributed by atoms with Crippen LogP contribution in [0.25, 0.3) is 0 Å². The van der Waals surface area contributed by atoms with E-state index < -0.39 is 11.6 Å². The lowest BCUT2D eigenvalue weighted by molar-refractivity contribution is -0.117. The molecule has 0 atom stereocenters. The second kappa shape index (κ2) is 7.09. The zero-order valence-electron chi connectivity index (χ0n) is 9.63. The lowest BCUT2D eigenvalue weighted by atomic mass is 10.1. The van der Waals surface area contributed by atoms with E-state index in [2.05, 4.69) is 5.32 Å². The summed E-state index contributed by atoms with van der Waals surface area (Å²) >= 11 is 0. The van der Waals surface area contributed by atoms with E-state index >= 15 is 0 Å². The van der Waals surface area contributed by atoms with Crippen LogP contribution in [0.1, 0.15) is 5.56 Å². The first-order chi connectivity index (χ1) is 8.15. The van der Waals surface area contributed by atoms with Crippen LogP contribution in [-0.2, 0) is 16.0 Å². The molecule has 0 bridgehead atoms. The number of hydrogen-bond donors (Lipinski definition) is 1. The summed E-state index contributed by atoms with van der Waals surface area (Å²) in [6.45, 7) is 1.18. The van der Waals surface area contributed by atoms with Gasteiger partial charge in [0.25, 0.3) is 0 Å². The molecule has 0 amide bonds. The molecule has 0 aliphatic heterocycles. The molecule has 0 aliphatic carbocycles. The van der Waals surface area contributed by atoms with Crippen LogP contribution < -0.4 is 5.32 Å². The molecular formula is C12H15F2NO2. The van der Waals surface area contributed by atoms with Crippen molar-refractivity contribution >= 4 is 5.78 Å². The predicted molar refractivity (Wildman–Crippen MR) is 59.8 cm³/mol. The molecule has 5 heteroatoms. The van der Waals surface area contributed by atoms with Crippen molar-refractivity contribution in [2.75, 3.05) is 26.8 Å². The molecule has 1 rings (SSSR count). The number of benzene rings is 1. The van der Waals surface area contributed by atoms with Gasteiger partial charge in [0, 0.05) is 20.1 Å². The summed E-state index contributed by atoms with van der Waals surface area (Å²) in [5.41, 5.74) is 0.0866. The van der Waals surface area contributed by atoms with E-state index in [4.69, 9.17) is 4.74 Å². The highest BCUT2D eigenvalue weighted by atomic mass is 19.2. The fraction of sp³-hybridized carbons (Fsp3) is 0.417.